The van der Waals surface area contributed by atoms with Gasteiger partial charge in [0.05, 0.1) is 0 Å². The van der Waals surface area contributed by atoms with Crippen LogP contribution in [0.2, 0.25) is 0 Å². The van der Waals surface area contributed by atoms with Crippen LogP contribution < -0.4 is 52.4 Å². The van der Waals surface area contributed by atoms with Crippen molar-refractivity contribution in [2.75, 3.05) is 19.6 Å². The van der Waals surface area contributed by atoms with Gasteiger partial charge in [-0.3, -0.25) is 19.7 Å². The summed E-state index contributed by atoms with van der Waals surface area (Å²) in [5.74, 6) is 3.50. The van der Waals surface area contributed by atoms with Gasteiger partial charge in [-0.1, -0.05) is 91.0 Å². The Morgan fingerprint density at radius 2 is 0.850 bits per heavy atom. The third kappa shape index (κ3) is 4.58. The second-order valence-corrected chi connectivity index (χ2v) is 15.5. The van der Waals surface area contributed by atoms with Crippen molar-refractivity contribution in [2.24, 2.45) is 0 Å². The maximum atomic E-state index is 5.92. The second kappa shape index (κ2) is 12.8. The summed E-state index contributed by atoms with van der Waals surface area (Å²) in [5.41, 5.74) is 15.4. The maximum absolute atomic E-state index is 5.92. The zero-order chi connectivity index (χ0) is 39.3. The number of hydrogen-bond acceptors (Lipinski definition) is 8. The van der Waals surface area contributed by atoms with Gasteiger partial charge in [0, 0.05) is 70.3 Å². The molecule has 4 aliphatic rings. The average Bonchev–Trinajstić information content (AvgIpc) is 3.32. The summed E-state index contributed by atoms with van der Waals surface area (Å²) in [7, 11) is 0. The van der Waals surface area contributed by atoms with Gasteiger partial charge in [0.2, 0.25) is 0 Å². The number of hydrogen-bond donors (Lipinski definition) is 0. The summed E-state index contributed by atoms with van der Waals surface area (Å²) in [5, 5.41) is 0. The molecule has 0 fully saturated rings. The summed E-state index contributed by atoms with van der Waals surface area (Å²) < 4.78 is 0. The minimum Gasteiger partial charge on any atom is -0.311 e. The first kappa shape index (κ1) is 33.0. The van der Waals surface area contributed by atoms with Crippen LogP contribution in [-0.2, 0) is 0 Å². The molecule has 278 valence electrons. The number of para-hydroxylation sites is 4. The van der Waals surface area contributed by atoms with E-state index in [1.807, 2.05) is 24.8 Å². The monoisotopic (exact) mass is 766 g/mol. The first-order valence-electron chi connectivity index (χ1n) is 20.3. The number of fused-ring (bicyclic) bond motifs is 8. The third-order valence-electron chi connectivity index (χ3n) is 12.4. The van der Waals surface area contributed by atoms with E-state index in [4.69, 9.17) is 19.9 Å². The smallest absolute Gasteiger partial charge is 0.258 e. The topological polar surface area (TPSA) is 64.5 Å². The molecule has 0 N–H and O–H groups in total. The van der Waals surface area contributed by atoms with Crippen molar-refractivity contribution in [3.05, 3.63) is 195 Å². The molecule has 4 aliphatic heterocycles. The number of aromatic nitrogens is 4. The van der Waals surface area contributed by atoms with Gasteiger partial charge in [0.1, 0.15) is 23.3 Å². The molecule has 0 saturated heterocycles. The Balaban J connectivity index is 1.14. The Hall–Kier alpha value is -7.97. The van der Waals surface area contributed by atoms with E-state index >= 15 is 0 Å². The van der Waals surface area contributed by atoms with Gasteiger partial charge in [-0.25, -0.2) is 15.0 Å². The molecule has 8 heterocycles. The molecule has 8 nitrogen and oxygen atoms in total. The Labute approximate surface area is 347 Å². The normalized spacial score (nSPS) is 13.8. The maximum Gasteiger partial charge on any atom is 0.258 e. The van der Waals surface area contributed by atoms with Crippen LogP contribution in [0.3, 0.4) is 0 Å². The highest BCUT2D eigenvalue weighted by molar-refractivity contribution is 7.03. The molecule has 0 radical (unpaired) electrons. The first-order chi connectivity index (χ1) is 29.8. The zero-order valence-electron chi connectivity index (χ0n) is 32.2. The van der Waals surface area contributed by atoms with E-state index in [1.54, 1.807) is 0 Å². The molecule has 5 aromatic carbocycles. The molecule has 4 aromatic heterocycles. The fourth-order valence-electron chi connectivity index (χ4n) is 10.1. The molecule has 0 saturated carbocycles. The minimum absolute atomic E-state index is 0.148. The molecule has 13 rings (SSSR count). The van der Waals surface area contributed by atoms with Crippen molar-refractivity contribution in [3.8, 4) is 0 Å². The average molecular weight is 766 g/mol. The standard InChI is InChI=1S/C50H32B2N8/c1-5-15-33(16-6-1)57-41-26-29-53-32-40(41)52-39-31-38-48(56-49(39)60(36-21-11-4-12-22-36)50-46(52)44(57)27-30-55-50)59(35-19-9-3-10-20-35)43-25-13-24-42-45(43)51(38)37-23-14-28-54-47(37)58(42)34-17-7-2-8-18-34/h1-32H. The van der Waals surface area contributed by atoms with Gasteiger partial charge in [-0.05, 0) is 112 Å². The highest BCUT2D eigenvalue weighted by Crippen LogP contribution is 2.46. The number of rotatable bonds is 4. The molecule has 0 unspecified atom stereocenters. The van der Waals surface area contributed by atoms with Crippen molar-refractivity contribution in [1.29, 1.82) is 0 Å². The van der Waals surface area contributed by atoms with E-state index in [0.29, 0.717) is 0 Å². The lowest BCUT2D eigenvalue weighted by Gasteiger charge is -2.45. The fraction of sp³-hybridized carbons (Fsp3) is 0. The number of anilines is 12. The van der Waals surface area contributed by atoms with Crippen molar-refractivity contribution in [3.63, 3.8) is 0 Å². The predicted molar refractivity (Wildman–Crippen MR) is 246 cm³/mol. The van der Waals surface area contributed by atoms with E-state index in [9.17, 15) is 0 Å². The van der Waals surface area contributed by atoms with E-state index in [1.165, 1.54) is 5.46 Å². The SMILES string of the molecule is c1ccc(N2c3ccncc3B3c4cc5c(nc4N(c4ccccc4)c4nccc2c43)N(c2ccccc2)c2cccc3c2B5c2cccnc2N3c2ccccc2)cc1. The summed E-state index contributed by atoms with van der Waals surface area (Å²) in [6.07, 6.45) is 7.78. The zero-order valence-corrected chi connectivity index (χ0v) is 32.2. The van der Waals surface area contributed by atoms with Crippen LogP contribution in [-0.4, -0.2) is 33.4 Å². The van der Waals surface area contributed by atoms with E-state index in [0.717, 1.165) is 96.1 Å². The fourth-order valence-corrected chi connectivity index (χ4v) is 10.1. The van der Waals surface area contributed by atoms with Crippen LogP contribution in [0.25, 0.3) is 0 Å². The van der Waals surface area contributed by atoms with Gasteiger partial charge in [0.25, 0.3) is 13.4 Å². The minimum atomic E-state index is -0.195. The van der Waals surface area contributed by atoms with Crippen molar-refractivity contribution in [1.82, 2.24) is 19.9 Å². The molecule has 60 heavy (non-hydrogen) atoms. The molecular formula is C50H32B2N8. The van der Waals surface area contributed by atoms with Crippen LogP contribution in [0, 0.1) is 0 Å². The largest absolute Gasteiger partial charge is 0.311 e. The summed E-state index contributed by atoms with van der Waals surface area (Å²) in [6, 6.07) is 60.0. The quantitative estimate of drug-likeness (QED) is 0.172. The van der Waals surface area contributed by atoms with Gasteiger partial charge in [-0.2, -0.15) is 0 Å². The van der Waals surface area contributed by atoms with Crippen molar-refractivity contribution >= 4 is 115 Å². The van der Waals surface area contributed by atoms with E-state index in [-0.39, 0.29) is 13.4 Å². The van der Waals surface area contributed by atoms with Crippen LogP contribution in [0.15, 0.2) is 195 Å². The molecule has 9 aromatic rings. The van der Waals surface area contributed by atoms with Crippen molar-refractivity contribution < 1.29 is 0 Å². The van der Waals surface area contributed by atoms with E-state index < -0.39 is 0 Å². The molecule has 0 bridgehead atoms. The number of pyridine rings is 4. The first-order valence-corrected chi connectivity index (χ1v) is 20.3. The van der Waals surface area contributed by atoms with Gasteiger partial charge in [0.15, 0.2) is 0 Å². The lowest BCUT2D eigenvalue weighted by atomic mass is 9.31. The summed E-state index contributed by atoms with van der Waals surface area (Å²) in [4.78, 5) is 30.3. The Bertz CT molecular complexity index is 2940. The Kier molecular flexibility index (Phi) is 7.03. The second-order valence-electron chi connectivity index (χ2n) is 15.5. The summed E-state index contributed by atoms with van der Waals surface area (Å²) >= 11 is 0. The van der Waals surface area contributed by atoms with Gasteiger partial charge < -0.3 is 4.90 Å². The number of nitrogens with zero attached hydrogens (tertiary/aromatic N) is 8. The summed E-state index contributed by atoms with van der Waals surface area (Å²) in [6.45, 7) is -0.343. The van der Waals surface area contributed by atoms with Gasteiger partial charge >= 0.3 is 0 Å². The molecule has 0 amide bonds. The predicted octanol–water partition coefficient (Wildman–Crippen LogP) is 7.43. The Morgan fingerprint density at radius 1 is 0.333 bits per heavy atom. The molecule has 10 heteroatoms. The van der Waals surface area contributed by atoms with E-state index in [2.05, 4.69) is 189 Å². The molecule has 0 spiro atoms. The van der Waals surface area contributed by atoms with Crippen LogP contribution in [0.5, 0.6) is 0 Å². The van der Waals surface area contributed by atoms with Crippen LogP contribution in [0.1, 0.15) is 0 Å². The third-order valence-corrected chi connectivity index (χ3v) is 12.4. The lowest BCUT2D eigenvalue weighted by Crippen LogP contribution is -2.66. The molecular weight excluding hydrogens is 734 g/mol. The number of benzene rings is 5. The van der Waals surface area contributed by atoms with Crippen molar-refractivity contribution in [2.45, 2.75) is 0 Å². The molecule has 0 atom stereocenters. The van der Waals surface area contributed by atoms with Crippen LogP contribution >= 0.6 is 0 Å². The highest BCUT2D eigenvalue weighted by Gasteiger charge is 2.49. The highest BCUT2D eigenvalue weighted by atomic mass is 15.3. The van der Waals surface area contributed by atoms with Gasteiger partial charge in [-0.15, -0.1) is 0 Å². The van der Waals surface area contributed by atoms with Crippen LogP contribution in [0.4, 0.5) is 68.8 Å². The molecule has 0 aliphatic carbocycles. The lowest BCUT2D eigenvalue weighted by molar-refractivity contribution is 1.10. The Morgan fingerprint density at radius 3 is 1.50 bits per heavy atom.